The summed E-state index contributed by atoms with van der Waals surface area (Å²) in [5.41, 5.74) is 7.33. The van der Waals surface area contributed by atoms with Crippen LogP contribution in [0.25, 0.3) is 0 Å². The highest BCUT2D eigenvalue weighted by molar-refractivity contribution is 5.88. The molecule has 0 radical (unpaired) electrons. The minimum atomic E-state index is -0.877. The molecule has 0 aromatic heterocycles. The highest BCUT2D eigenvalue weighted by Gasteiger charge is 2.26. The molecular weight excluding hydrogens is 310 g/mol. The number of nitrogens with one attached hydrogen (secondary N) is 2. The Morgan fingerprint density at radius 3 is 2.17 bits per heavy atom. The molecule has 0 fully saturated rings. The summed E-state index contributed by atoms with van der Waals surface area (Å²) in [4.78, 5) is 35.4. The third-order valence-electron chi connectivity index (χ3n) is 3.62. The van der Waals surface area contributed by atoms with Crippen molar-refractivity contribution in [2.45, 2.75) is 39.3 Å². The van der Waals surface area contributed by atoms with E-state index in [1.165, 1.54) is 7.11 Å². The maximum absolute atomic E-state index is 12.1. The molecule has 1 aromatic rings. The third kappa shape index (κ3) is 5.91. The van der Waals surface area contributed by atoms with Crippen LogP contribution in [0.2, 0.25) is 0 Å². The van der Waals surface area contributed by atoms with Gasteiger partial charge in [-0.15, -0.1) is 0 Å². The maximum Gasteiger partial charge on any atom is 0.328 e. The van der Waals surface area contributed by atoms with Crippen molar-refractivity contribution in [3.63, 3.8) is 0 Å². The molecular formula is C17H25N3O4. The number of carbonyl (C=O) groups excluding carboxylic acids is 3. The Kier molecular flexibility index (Phi) is 7.23. The number of amides is 3. The number of benzene rings is 1. The zero-order valence-electron chi connectivity index (χ0n) is 14.5. The number of hydrogen-bond acceptors (Lipinski definition) is 4. The lowest BCUT2D eigenvalue weighted by Crippen LogP contribution is -2.54. The van der Waals surface area contributed by atoms with Crippen molar-refractivity contribution in [1.29, 1.82) is 0 Å². The van der Waals surface area contributed by atoms with E-state index in [0.717, 1.165) is 11.1 Å². The number of urea groups is 1. The summed E-state index contributed by atoms with van der Waals surface area (Å²) >= 11 is 0. The summed E-state index contributed by atoms with van der Waals surface area (Å²) in [6, 6.07) is 5.25. The molecule has 0 heterocycles. The number of primary amides is 1. The van der Waals surface area contributed by atoms with Crippen molar-refractivity contribution in [3.05, 3.63) is 35.4 Å². The number of aryl methyl sites for hydroxylation is 1. The second-order valence-corrected chi connectivity index (χ2v) is 6.01. The SMILES string of the molecule is COC(=O)C(NC(=O)N[C@@H](Cc1ccc(C)cc1)C(N)=O)C(C)C. The molecule has 4 N–H and O–H groups in total. The molecule has 1 unspecified atom stereocenters. The van der Waals surface area contributed by atoms with Crippen LogP contribution in [0.4, 0.5) is 4.79 Å². The summed E-state index contributed by atoms with van der Waals surface area (Å²) in [6.07, 6.45) is 0.271. The topological polar surface area (TPSA) is 111 Å². The number of nitrogens with two attached hydrogens (primary N) is 1. The predicted octanol–water partition coefficient (Wildman–Crippen LogP) is 0.888. The second-order valence-electron chi connectivity index (χ2n) is 6.01. The van der Waals surface area contributed by atoms with Crippen LogP contribution in [0.15, 0.2) is 24.3 Å². The largest absolute Gasteiger partial charge is 0.467 e. The molecule has 7 nitrogen and oxygen atoms in total. The Morgan fingerprint density at radius 2 is 1.71 bits per heavy atom. The molecule has 0 aliphatic heterocycles. The van der Waals surface area contributed by atoms with Gasteiger partial charge in [-0.05, 0) is 18.4 Å². The van der Waals surface area contributed by atoms with Crippen molar-refractivity contribution in [2.75, 3.05) is 7.11 Å². The zero-order valence-corrected chi connectivity index (χ0v) is 14.5. The molecule has 0 saturated heterocycles. The van der Waals surface area contributed by atoms with E-state index < -0.39 is 30.0 Å². The Morgan fingerprint density at radius 1 is 1.12 bits per heavy atom. The average molecular weight is 335 g/mol. The zero-order chi connectivity index (χ0) is 18.3. The molecule has 2 atom stereocenters. The second kappa shape index (κ2) is 8.90. The Balaban J connectivity index is 2.73. The Bertz CT molecular complexity index is 584. The van der Waals surface area contributed by atoms with Gasteiger partial charge in [0, 0.05) is 6.42 Å². The predicted molar refractivity (Wildman–Crippen MR) is 90.2 cm³/mol. The van der Waals surface area contributed by atoms with E-state index in [1.807, 2.05) is 31.2 Å². The fourth-order valence-corrected chi connectivity index (χ4v) is 2.15. The minimum Gasteiger partial charge on any atom is -0.467 e. The van der Waals surface area contributed by atoms with Crippen LogP contribution in [-0.2, 0) is 20.7 Å². The lowest BCUT2D eigenvalue weighted by molar-refractivity contribution is -0.143. The molecule has 7 heteroatoms. The van der Waals surface area contributed by atoms with Gasteiger partial charge in [0.1, 0.15) is 12.1 Å². The highest BCUT2D eigenvalue weighted by Crippen LogP contribution is 2.07. The number of methoxy groups -OCH3 is 1. The van der Waals surface area contributed by atoms with E-state index in [2.05, 4.69) is 15.4 Å². The first-order valence-corrected chi connectivity index (χ1v) is 7.74. The van der Waals surface area contributed by atoms with E-state index in [4.69, 9.17) is 5.73 Å². The number of hydrogen-bond donors (Lipinski definition) is 3. The van der Waals surface area contributed by atoms with E-state index in [0.29, 0.717) is 0 Å². The summed E-state index contributed by atoms with van der Waals surface area (Å²) < 4.78 is 4.66. The molecule has 1 rings (SSSR count). The first-order valence-electron chi connectivity index (χ1n) is 7.74. The van der Waals surface area contributed by atoms with E-state index in [1.54, 1.807) is 13.8 Å². The van der Waals surface area contributed by atoms with Gasteiger partial charge in [0.25, 0.3) is 0 Å². The highest BCUT2D eigenvalue weighted by atomic mass is 16.5. The van der Waals surface area contributed by atoms with Crippen molar-refractivity contribution < 1.29 is 19.1 Å². The van der Waals surface area contributed by atoms with Crippen molar-refractivity contribution in [3.8, 4) is 0 Å². The maximum atomic E-state index is 12.1. The van der Waals surface area contributed by atoms with Gasteiger partial charge in [-0.3, -0.25) is 4.79 Å². The van der Waals surface area contributed by atoms with Crippen molar-refractivity contribution >= 4 is 17.9 Å². The molecule has 0 spiro atoms. The molecule has 3 amide bonds. The normalized spacial score (nSPS) is 13.0. The summed E-state index contributed by atoms with van der Waals surface area (Å²) in [6.45, 7) is 5.51. The quantitative estimate of drug-likeness (QED) is 0.643. The fraction of sp³-hybridized carbons (Fsp3) is 0.471. The van der Waals surface area contributed by atoms with Gasteiger partial charge < -0.3 is 21.1 Å². The Hall–Kier alpha value is -2.57. The molecule has 0 bridgehead atoms. The average Bonchev–Trinajstić information content (AvgIpc) is 2.52. The van der Waals surface area contributed by atoms with Gasteiger partial charge in [0.15, 0.2) is 0 Å². The fourth-order valence-electron chi connectivity index (χ4n) is 2.15. The first kappa shape index (κ1) is 19.5. The van der Waals surface area contributed by atoms with E-state index in [-0.39, 0.29) is 12.3 Å². The molecule has 0 aliphatic rings. The molecule has 132 valence electrons. The van der Waals surface area contributed by atoms with Gasteiger partial charge in [0.2, 0.25) is 5.91 Å². The van der Waals surface area contributed by atoms with Crippen LogP contribution in [-0.4, -0.2) is 37.1 Å². The summed E-state index contributed by atoms with van der Waals surface area (Å²) in [5, 5.41) is 5.03. The standard InChI is InChI=1S/C17H25N3O4/c1-10(2)14(16(22)24-4)20-17(23)19-13(15(18)21)9-12-7-5-11(3)6-8-12/h5-8,10,13-14H,9H2,1-4H3,(H2,18,21)(H2,19,20,23)/t13-,14?/m0/s1. The van der Waals surface area contributed by atoms with E-state index >= 15 is 0 Å². The number of ether oxygens (including phenoxy) is 1. The van der Waals surface area contributed by atoms with Crippen LogP contribution >= 0.6 is 0 Å². The number of carbonyl (C=O) groups is 3. The summed E-state index contributed by atoms with van der Waals surface area (Å²) in [7, 11) is 1.25. The number of rotatable bonds is 7. The van der Waals surface area contributed by atoms with E-state index in [9.17, 15) is 14.4 Å². The van der Waals surface area contributed by atoms with Crippen LogP contribution in [0.1, 0.15) is 25.0 Å². The third-order valence-corrected chi connectivity index (χ3v) is 3.62. The number of esters is 1. The Labute approximate surface area is 141 Å². The van der Waals surface area contributed by atoms with Gasteiger partial charge in [-0.25, -0.2) is 9.59 Å². The van der Waals surface area contributed by atoms with Crippen LogP contribution in [0.5, 0.6) is 0 Å². The monoisotopic (exact) mass is 335 g/mol. The van der Waals surface area contributed by atoms with Crippen LogP contribution in [0.3, 0.4) is 0 Å². The lowest BCUT2D eigenvalue weighted by Gasteiger charge is -2.22. The molecule has 0 saturated carbocycles. The van der Waals surface area contributed by atoms with Gasteiger partial charge >= 0.3 is 12.0 Å². The molecule has 0 aliphatic carbocycles. The van der Waals surface area contributed by atoms with Crippen molar-refractivity contribution in [2.24, 2.45) is 11.7 Å². The van der Waals surface area contributed by atoms with Crippen LogP contribution < -0.4 is 16.4 Å². The summed E-state index contributed by atoms with van der Waals surface area (Å²) in [5.74, 6) is -1.36. The van der Waals surface area contributed by atoms with Gasteiger partial charge in [-0.2, -0.15) is 0 Å². The molecule has 24 heavy (non-hydrogen) atoms. The van der Waals surface area contributed by atoms with Gasteiger partial charge in [0.05, 0.1) is 7.11 Å². The van der Waals surface area contributed by atoms with Crippen LogP contribution in [0, 0.1) is 12.8 Å². The lowest BCUT2D eigenvalue weighted by atomic mass is 10.0. The smallest absolute Gasteiger partial charge is 0.328 e. The first-order chi connectivity index (χ1) is 11.2. The van der Waals surface area contributed by atoms with Crippen molar-refractivity contribution in [1.82, 2.24) is 10.6 Å². The molecule has 1 aromatic carbocycles. The minimum absolute atomic E-state index is 0.160. The van der Waals surface area contributed by atoms with Gasteiger partial charge in [-0.1, -0.05) is 43.7 Å².